The lowest BCUT2D eigenvalue weighted by atomic mass is 9.93. The van der Waals surface area contributed by atoms with Gasteiger partial charge in [-0.25, -0.2) is 0 Å². The first kappa shape index (κ1) is 20.1. The number of benzene rings is 2. The summed E-state index contributed by atoms with van der Waals surface area (Å²) in [5.41, 5.74) is 15.3. The molecule has 2 unspecified atom stereocenters. The summed E-state index contributed by atoms with van der Waals surface area (Å²) in [6.07, 6.45) is 3.55. The van der Waals surface area contributed by atoms with Crippen LogP contribution in [0.15, 0.2) is 84.3 Å². The Bertz CT molecular complexity index is 777. The molecule has 0 aromatic heterocycles. The molecule has 0 amide bonds. The van der Waals surface area contributed by atoms with Gasteiger partial charge in [0.2, 0.25) is 0 Å². The molecule has 5 nitrogen and oxygen atoms in total. The normalized spacial score (nSPS) is 20.4. The van der Waals surface area contributed by atoms with Gasteiger partial charge in [0.25, 0.3) is 0 Å². The molecule has 0 saturated heterocycles. The lowest BCUT2D eigenvalue weighted by Gasteiger charge is -2.43. The van der Waals surface area contributed by atoms with Crippen molar-refractivity contribution < 1.29 is 9.84 Å². The molecular weight excluding hydrogens is 350 g/mol. The zero-order chi connectivity index (χ0) is 20.0. The van der Waals surface area contributed by atoms with Crippen LogP contribution in [0.4, 0.5) is 0 Å². The number of hydrogen-bond donors (Lipinski definition) is 3. The highest BCUT2D eigenvalue weighted by molar-refractivity contribution is 5.31. The van der Waals surface area contributed by atoms with Gasteiger partial charge < -0.3 is 21.3 Å². The van der Waals surface area contributed by atoms with Crippen LogP contribution in [-0.4, -0.2) is 28.4 Å². The second kappa shape index (κ2) is 9.06. The molecule has 2 atom stereocenters. The number of rotatable bonds is 8. The van der Waals surface area contributed by atoms with E-state index < -0.39 is 11.8 Å². The van der Waals surface area contributed by atoms with Crippen molar-refractivity contribution in [2.24, 2.45) is 11.5 Å². The van der Waals surface area contributed by atoms with Crippen LogP contribution in [0.2, 0.25) is 0 Å². The van der Waals surface area contributed by atoms with Crippen molar-refractivity contribution >= 4 is 0 Å². The van der Waals surface area contributed by atoms with Crippen molar-refractivity contribution in [1.29, 1.82) is 0 Å². The second-order valence-electron chi connectivity index (χ2n) is 7.34. The minimum absolute atomic E-state index is 0.229. The fraction of sp³-hybridized carbons (Fsp3) is 0.304. The minimum Gasteiger partial charge on any atom is -0.495 e. The van der Waals surface area contributed by atoms with E-state index >= 15 is 0 Å². The molecule has 0 spiro atoms. The molecule has 0 aliphatic heterocycles. The molecule has 0 heterocycles. The van der Waals surface area contributed by atoms with Gasteiger partial charge in [-0.1, -0.05) is 60.7 Å². The Morgan fingerprint density at radius 3 is 2.04 bits per heavy atom. The average Bonchev–Trinajstić information content (AvgIpc) is 2.70. The van der Waals surface area contributed by atoms with Gasteiger partial charge in [-0.3, -0.25) is 4.90 Å². The van der Waals surface area contributed by atoms with Crippen LogP contribution in [0.5, 0.6) is 0 Å². The van der Waals surface area contributed by atoms with Gasteiger partial charge in [0.05, 0.1) is 11.9 Å². The van der Waals surface area contributed by atoms with E-state index in [0.717, 1.165) is 16.9 Å². The van der Waals surface area contributed by atoms with E-state index in [-0.39, 0.29) is 6.61 Å². The van der Waals surface area contributed by atoms with E-state index in [1.165, 1.54) is 0 Å². The van der Waals surface area contributed by atoms with Gasteiger partial charge in [0, 0.05) is 25.2 Å². The molecule has 2 aromatic carbocycles. The van der Waals surface area contributed by atoms with Gasteiger partial charge in [-0.05, 0) is 30.2 Å². The zero-order valence-corrected chi connectivity index (χ0v) is 16.3. The standard InChI is InChI=1S/C23H29N3O2/c1-18(27)17-28-21-12-13-22(24)23(25,14-21)26(15-19-8-4-2-5-9-19)16-20-10-6-3-7-11-20/h2-13,18,27H,14-17,24-25H2,1H3. The molecule has 1 aliphatic carbocycles. The lowest BCUT2D eigenvalue weighted by molar-refractivity contribution is 0.0505. The molecule has 0 fully saturated rings. The minimum atomic E-state index is -0.880. The summed E-state index contributed by atoms with van der Waals surface area (Å²) < 4.78 is 5.74. The van der Waals surface area contributed by atoms with Gasteiger partial charge >= 0.3 is 0 Å². The first-order valence-electron chi connectivity index (χ1n) is 9.57. The van der Waals surface area contributed by atoms with Crippen LogP contribution in [0.25, 0.3) is 0 Å². The van der Waals surface area contributed by atoms with Crippen molar-refractivity contribution in [2.45, 2.75) is 38.2 Å². The number of aliphatic hydroxyl groups excluding tert-OH is 1. The van der Waals surface area contributed by atoms with E-state index in [1.807, 2.05) is 48.6 Å². The molecule has 0 bridgehead atoms. The van der Waals surface area contributed by atoms with Crippen LogP contribution in [-0.2, 0) is 17.8 Å². The molecule has 0 radical (unpaired) electrons. The Hall–Kier alpha value is -2.60. The highest BCUT2D eigenvalue weighted by atomic mass is 16.5. The number of ether oxygens (including phenoxy) is 1. The van der Waals surface area contributed by atoms with Crippen molar-refractivity contribution in [3.8, 4) is 0 Å². The van der Waals surface area contributed by atoms with Crippen molar-refractivity contribution in [1.82, 2.24) is 4.90 Å². The Morgan fingerprint density at radius 1 is 1.00 bits per heavy atom. The third kappa shape index (κ3) is 5.01. The summed E-state index contributed by atoms with van der Waals surface area (Å²) in [6, 6.07) is 20.5. The largest absolute Gasteiger partial charge is 0.495 e. The third-order valence-corrected chi connectivity index (χ3v) is 4.90. The van der Waals surface area contributed by atoms with Crippen LogP contribution in [0.3, 0.4) is 0 Å². The van der Waals surface area contributed by atoms with Crippen LogP contribution in [0.1, 0.15) is 24.5 Å². The lowest BCUT2D eigenvalue weighted by Crippen LogP contribution is -2.59. The Morgan fingerprint density at radius 2 is 1.54 bits per heavy atom. The fourth-order valence-corrected chi connectivity index (χ4v) is 3.32. The summed E-state index contributed by atoms with van der Waals surface area (Å²) in [6.45, 7) is 3.24. The predicted octanol–water partition coefficient (Wildman–Crippen LogP) is 2.87. The number of allylic oxidation sites excluding steroid dienone is 2. The topological polar surface area (TPSA) is 84.7 Å². The highest BCUT2D eigenvalue weighted by Crippen LogP contribution is 2.31. The summed E-state index contributed by atoms with van der Waals surface area (Å²) in [7, 11) is 0. The number of hydrogen-bond acceptors (Lipinski definition) is 5. The molecule has 5 N–H and O–H groups in total. The maximum Gasteiger partial charge on any atom is 0.117 e. The third-order valence-electron chi connectivity index (χ3n) is 4.90. The number of nitrogens with two attached hydrogens (primary N) is 2. The first-order chi connectivity index (χ1) is 13.5. The molecular formula is C23H29N3O2. The summed E-state index contributed by atoms with van der Waals surface area (Å²) in [5, 5.41) is 9.53. The molecule has 28 heavy (non-hydrogen) atoms. The van der Waals surface area contributed by atoms with E-state index in [0.29, 0.717) is 25.2 Å². The molecule has 3 rings (SSSR count). The van der Waals surface area contributed by atoms with Crippen LogP contribution < -0.4 is 11.5 Å². The van der Waals surface area contributed by atoms with Crippen molar-refractivity contribution in [3.05, 3.63) is 95.4 Å². The van der Waals surface area contributed by atoms with E-state index in [4.69, 9.17) is 16.2 Å². The van der Waals surface area contributed by atoms with Gasteiger partial charge in [-0.2, -0.15) is 0 Å². The van der Waals surface area contributed by atoms with Gasteiger partial charge in [0.15, 0.2) is 0 Å². The Labute approximate surface area is 166 Å². The average molecular weight is 380 g/mol. The quantitative estimate of drug-likeness (QED) is 0.614. The summed E-state index contributed by atoms with van der Waals surface area (Å²) >= 11 is 0. The van der Waals surface area contributed by atoms with Crippen LogP contribution in [0, 0.1) is 0 Å². The van der Waals surface area contributed by atoms with E-state index in [9.17, 15) is 5.11 Å². The molecule has 5 heteroatoms. The maximum atomic E-state index is 9.53. The molecule has 0 saturated carbocycles. The highest BCUT2D eigenvalue weighted by Gasteiger charge is 2.38. The summed E-state index contributed by atoms with van der Waals surface area (Å²) in [5.74, 6) is 0.726. The van der Waals surface area contributed by atoms with E-state index in [1.54, 1.807) is 6.92 Å². The fourth-order valence-electron chi connectivity index (χ4n) is 3.32. The first-order valence-corrected chi connectivity index (χ1v) is 9.57. The Kier molecular flexibility index (Phi) is 6.52. The van der Waals surface area contributed by atoms with Crippen molar-refractivity contribution in [2.75, 3.05) is 6.61 Å². The smallest absolute Gasteiger partial charge is 0.117 e. The van der Waals surface area contributed by atoms with Gasteiger partial charge in [-0.15, -0.1) is 0 Å². The maximum absolute atomic E-state index is 9.53. The summed E-state index contributed by atoms with van der Waals surface area (Å²) in [4.78, 5) is 2.18. The van der Waals surface area contributed by atoms with Crippen LogP contribution >= 0.6 is 0 Å². The van der Waals surface area contributed by atoms with Crippen molar-refractivity contribution in [3.63, 3.8) is 0 Å². The second-order valence-corrected chi connectivity index (χ2v) is 7.34. The number of aliphatic hydroxyl groups is 1. The zero-order valence-electron chi connectivity index (χ0n) is 16.3. The SMILES string of the molecule is CC(O)COC1=CC=C(N)C(N)(N(Cc2ccccc2)Cc2ccccc2)C1. The Balaban J connectivity index is 1.87. The molecule has 2 aromatic rings. The monoisotopic (exact) mass is 379 g/mol. The predicted molar refractivity (Wildman–Crippen MR) is 112 cm³/mol. The van der Waals surface area contributed by atoms with Gasteiger partial charge in [0.1, 0.15) is 12.3 Å². The van der Waals surface area contributed by atoms with E-state index in [2.05, 4.69) is 29.2 Å². The number of nitrogens with zero attached hydrogens (tertiary/aromatic N) is 1. The molecule has 1 aliphatic rings. The molecule has 148 valence electrons.